The minimum atomic E-state index is 0. The van der Waals surface area contributed by atoms with Gasteiger partial charge in [-0.15, -0.1) is 0 Å². The van der Waals surface area contributed by atoms with Gasteiger partial charge in [-0.3, -0.25) is 0 Å². The molecule has 0 atom stereocenters. The Morgan fingerprint density at radius 2 is 0.500 bits per heavy atom. The SMILES string of the molecule is C.C.C.CC(C)CCCC(C)C.CCCC(C)C.CCCC(C)C.CCCCC.CCCCC. The van der Waals surface area contributed by atoms with Gasteiger partial charge in [-0.1, -0.05) is 203 Å². The van der Waals surface area contributed by atoms with Crippen LogP contribution in [-0.2, 0) is 0 Å². The summed E-state index contributed by atoms with van der Waals surface area (Å²) >= 11 is 0. The van der Waals surface area contributed by atoms with Crippen LogP contribution in [0.4, 0.5) is 0 Å². The molecular formula is C34H84. The molecule has 0 nitrogen and oxygen atoms in total. The van der Waals surface area contributed by atoms with E-state index in [0.29, 0.717) is 0 Å². The molecule has 0 N–H and O–H groups in total. The summed E-state index contributed by atoms with van der Waals surface area (Å²) in [6.07, 6.45) is 17.8. The molecule has 0 unspecified atom stereocenters. The minimum absolute atomic E-state index is 0. The summed E-state index contributed by atoms with van der Waals surface area (Å²) in [5, 5.41) is 0. The van der Waals surface area contributed by atoms with Gasteiger partial charge in [0.05, 0.1) is 0 Å². The van der Waals surface area contributed by atoms with Crippen molar-refractivity contribution in [3.05, 3.63) is 0 Å². The highest BCUT2D eigenvalue weighted by atomic mass is 14.0. The van der Waals surface area contributed by atoms with Crippen molar-refractivity contribution >= 4 is 0 Å². The van der Waals surface area contributed by atoms with Gasteiger partial charge in [-0.25, -0.2) is 0 Å². The van der Waals surface area contributed by atoms with E-state index in [2.05, 4.69) is 96.9 Å². The van der Waals surface area contributed by atoms with Crippen molar-refractivity contribution in [2.45, 2.75) is 203 Å². The zero-order valence-corrected chi connectivity index (χ0v) is 25.5. The van der Waals surface area contributed by atoms with Crippen molar-refractivity contribution in [3.8, 4) is 0 Å². The fourth-order valence-electron chi connectivity index (χ4n) is 2.80. The molecule has 0 aliphatic carbocycles. The van der Waals surface area contributed by atoms with Gasteiger partial charge >= 0.3 is 0 Å². The minimum Gasteiger partial charge on any atom is -0.0776 e. The number of unbranched alkanes of at least 4 members (excludes halogenated alkanes) is 4. The third-order valence-corrected chi connectivity index (χ3v) is 4.71. The van der Waals surface area contributed by atoms with Crippen molar-refractivity contribution in [2.75, 3.05) is 0 Å². The van der Waals surface area contributed by atoms with E-state index in [1.54, 1.807) is 0 Å². The first-order chi connectivity index (χ1) is 14.5. The molecule has 0 aliphatic heterocycles. The summed E-state index contributed by atoms with van der Waals surface area (Å²) in [6.45, 7) is 31.5. The quantitative estimate of drug-likeness (QED) is 0.254. The second-order valence-corrected chi connectivity index (χ2v) is 10.8. The Labute approximate surface area is 226 Å². The number of rotatable bonds is 12. The first-order valence-electron chi connectivity index (χ1n) is 14.5. The zero-order valence-electron chi connectivity index (χ0n) is 25.5. The summed E-state index contributed by atoms with van der Waals surface area (Å²) in [5.74, 6) is 3.58. The zero-order chi connectivity index (χ0) is 25.5. The summed E-state index contributed by atoms with van der Waals surface area (Å²) < 4.78 is 0. The van der Waals surface area contributed by atoms with E-state index in [9.17, 15) is 0 Å². The number of hydrogen-bond donors (Lipinski definition) is 0. The van der Waals surface area contributed by atoms with Gasteiger partial charge in [0, 0.05) is 0 Å². The Kier molecular flexibility index (Phi) is 87.1. The fraction of sp³-hybridized carbons (Fsp3) is 1.00. The van der Waals surface area contributed by atoms with E-state index >= 15 is 0 Å². The van der Waals surface area contributed by atoms with Gasteiger partial charge in [-0.05, 0) is 23.7 Å². The molecule has 0 aromatic heterocycles. The van der Waals surface area contributed by atoms with Gasteiger partial charge in [0.2, 0.25) is 0 Å². The third-order valence-electron chi connectivity index (χ3n) is 4.71. The van der Waals surface area contributed by atoms with E-state index in [1.807, 2.05) is 0 Å². The summed E-state index contributed by atoms with van der Waals surface area (Å²) in [4.78, 5) is 0. The molecule has 0 bridgehead atoms. The largest absolute Gasteiger partial charge is 0.0776 e. The second kappa shape index (κ2) is 54.1. The van der Waals surface area contributed by atoms with Crippen molar-refractivity contribution in [2.24, 2.45) is 23.7 Å². The summed E-state index contributed by atoms with van der Waals surface area (Å²) in [5.41, 5.74) is 0. The lowest BCUT2D eigenvalue weighted by Gasteiger charge is -2.05. The molecular weight excluding hydrogens is 408 g/mol. The lowest BCUT2D eigenvalue weighted by molar-refractivity contribution is 0.480. The molecule has 0 spiro atoms. The van der Waals surface area contributed by atoms with E-state index in [1.165, 1.54) is 83.5 Å². The molecule has 0 aromatic rings. The van der Waals surface area contributed by atoms with Gasteiger partial charge < -0.3 is 0 Å². The predicted molar refractivity (Wildman–Crippen MR) is 174 cm³/mol. The normalized spacial score (nSPS) is 9.00. The van der Waals surface area contributed by atoms with Crippen LogP contribution in [0.25, 0.3) is 0 Å². The maximum atomic E-state index is 2.29. The number of hydrogen-bond acceptors (Lipinski definition) is 0. The van der Waals surface area contributed by atoms with Crippen LogP contribution in [-0.4, -0.2) is 0 Å². The van der Waals surface area contributed by atoms with Crippen molar-refractivity contribution in [1.29, 1.82) is 0 Å². The van der Waals surface area contributed by atoms with Crippen LogP contribution in [0.3, 0.4) is 0 Å². The van der Waals surface area contributed by atoms with Gasteiger partial charge in [0.25, 0.3) is 0 Å². The van der Waals surface area contributed by atoms with E-state index in [4.69, 9.17) is 0 Å². The molecule has 0 amide bonds. The van der Waals surface area contributed by atoms with E-state index < -0.39 is 0 Å². The molecule has 0 saturated carbocycles. The molecule has 0 heteroatoms. The van der Waals surface area contributed by atoms with Crippen molar-refractivity contribution in [1.82, 2.24) is 0 Å². The third kappa shape index (κ3) is 120. The van der Waals surface area contributed by atoms with Crippen LogP contribution < -0.4 is 0 Å². The lowest BCUT2D eigenvalue weighted by Crippen LogP contribution is -1.90. The Morgan fingerprint density at radius 3 is 0.559 bits per heavy atom. The standard InChI is InChI=1S/C9H20.2C6H14.2C5H12.3CH4/c1-8(2)6-5-7-9(3)4;2*1-4-5-6(2)3;2*1-3-5-4-2;;;/h8-9H,5-7H2,1-4H3;2*6H,4-5H2,1-3H3;2*3-5H2,1-2H3;3*1H4. The molecule has 0 radical (unpaired) electrons. The summed E-state index contributed by atoms with van der Waals surface area (Å²) in [6, 6.07) is 0. The Bertz CT molecular complexity index is 196. The molecule has 0 heterocycles. The highest BCUT2D eigenvalue weighted by molar-refractivity contribution is 4.49. The summed E-state index contributed by atoms with van der Waals surface area (Å²) in [7, 11) is 0. The molecule has 34 heavy (non-hydrogen) atoms. The first-order valence-corrected chi connectivity index (χ1v) is 14.5. The van der Waals surface area contributed by atoms with E-state index in [0.717, 1.165) is 23.7 Å². The van der Waals surface area contributed by atoms with Crippen LogP contribution in [0.5, 0.6) is 0 Å². The second-order valence-electron chi connectivity index (χ2n) is 10.8. The molecule has 0 aromatic carbocycles. The van der Waals surface area contributed by atoms with E-state index in [-0.39, 0.29) is 22.3 Å². The van der Waals surface area contributed by atoms with Gasteiger partial charge in [-0.2, -0.15) is 0 Å². The van der Waals surface area contributed by atoms with Crippen molar-refractivity contribution < 1.29 is 0 Å². The van der Waals surface area contributed by atoms with Crippen LogP contribution in [0.1, 0.15) is 203 Å². The average molecular weight is 493 g/mol. The molecule has 0 fully saturated rings. The Hall–Kier alpha value is 0. The van der Waals surface area contributed by atoms with Crippen molar-refractivity contribution in [3.63, 3.8) is 0 Å². The fourth-order valence-corrected chi connectivity index (χ4v) is 2.80. The van der Waals surface area contributed by atoms with Gasteiger partial charge in [0.15, 0.2) is 0 Å². The topological polar surface area (TPSA) is 0 Å². The van der Waals surface area contributed by atoms with Crippen LogP contribution in [0.15, 0.2) is 0 Å². The Morgan fingerprint density at radius 1 is 0.294 bits per heavy atom. The maximum Gasteiger partial charge on any atom is -0.0471 e. The molecule has 0 saturated heterocycles. The van der Waals surface area contributed by atoms with Crippen LogP contribution in [0, 0.1) is 23.7 Å². The first kappa shape index (κ1) is 54.8. The van der Waals surface area contributed by atoms with Gasteiger partial charge in [0.1, 0.15) is 0 Å². The monoisotopic (exact) mass is 493 g/mol. The lowest BCUT2D eigenvalue weighted by atomic mass is 10.0. The average Bonchev–Trinajstić information content (AvgIpc) is 2.64. The maximum absolute atomic E-state index is 2.29. The highest BCUT2D eigenvalue weighted by Gasteiger charge is 1.95. The smallest absolute Gasteiger partial charge is 0.0471 e. The predicted octanol–water partition coefficient (Wildman–Crippen LogP) is 14.7. The molecule has 0 aliphatic rings. The highest BCUT2D eigenvalue weighted by Crippen LogP contribution is 2.10. The molecule has 220 valence electrons. The van der Waals surface area contributed by atoms with Crippen LogP contribution in [0.2, 0.25) is 0 Å². The Balaban J connectivity index is -0.0000000413. The molecule has 0 rings (SSSR count). The van der Waals surface area contributed by atoms with Crippen LogP contribution >= 0.6 is 0 Å².